The molecule has 14 nitrogen and oxygen atoms in total. The first-order chi connectivity index (χ1) is 17.7. The minimum Gasteiger partial charge on any atom is -0.456 e. The van der Waals surface area contributed by atoms with Gasteiger partial charge in [-0.25, -0.2) is 4.79 Å². The number of thioether (sulfide) groups is 1. The predicted molar refractivity (Wildman–Crippen MR) is 133 cm³/mol. The van der Waals surface area contributed by atoms with E-state index in [4.69, 9.17) is 15.3 Å². The first-order valence-electron chi connectivity index (χ1n) is 10.8. The largest absolute Gasteiger partial charge is 0.456 e. The third-order valence-corrected chi connectivity index (χ3v) is 6.81. The number of nitrogens with zero attached hydrogens (tertiary/aromatic N) is 5. The van der Waals surface area contributed by atoms with E-state index in [2.05, 4.69) is 19.8 Å². The lowest BCUT2D eigenvalue weighted by molar-refractivity contribution is -0.384. The maximum atomic E-state index is 13.0. The van der Waals surface area contributed by atoms with Crippen molar-refractivity contribution in [2.45, 2.75) is 38.0 Å². The molecule has 1 fully saturated rings. The number of ether oxygens (including phenoxy) is 1. The summed E-state index contributed by atoms with van der Waals surface area (Å²) in [4.78, 5) is 59.3. The fraction of sp³-hybridized carbons (Fsp3) is 0.333. The number of oxime groups is 1. The second-order valence-corrected chi connectivity index (χ2v) is 9.96. The number of esters is 1. The number of nitro benzene ring substituents is 1. The van der Waals surface area contributed by atoms with E-state index in [1.54, 1.807) is 19.9 Å². The van der Waals surface area contributed by atoms with Gasteiger partial charge in [-0.1, -0.05) is 5.16 Å². The summed E-state index contributed by atoms with van der Waals surface area (Å²) >= 11 is 2.24. The molecule has 2 atom stereocenters. The summed E-state index contributed by atoms with van der Waals surface area (Å²) in [6.45, 7) is 3.32. The van der Waals surface area contributed by atoms with Gasteiger partial charge in [0.15, 0.2) is 5.13 Å². The molecule has 0 bridgehead atoms. The quantitative estimate of drug-likeness (QED) is 0.151. The van der Waals surface area contributed by atoms with Crippen LogP contribution in [-0.2, 0) is 30.6 Å². The number of nitrogens with one attached hydrogen (secondary N) is 1. The Morgan fingerprint density at radius 2 is 2.08 bits per heavy atom. The van der Waals surface area contributed by atoms with E-state index in [0.29, 0.717) is 11.3 Å². The highest BCUT2D eigenvalue weighted by Gasteiger charge is 2.53. The highest BCUT2D eigenvalue weighted by atomic mass is 32.2. The molecular formula is C21H21N7O7S2. The topological polar surface area (TPSA) is 192 Å². The van der Waals surface area contributed by atoms with Crippen molar-refractivity contribution in [1.29, 1.82) is 0 Å². The van der Waals surface area contributed by atoms with Crippen LogP contribution >= 0.6 is 23.3 Å². The minimum atomic E-state index is -0.927. The molecule has 2 amide bonds. The van der Waals surface area contributed by atoms with Gasteiger partial charge in [-0.05, 0) is 37.6 Å². The van der Waals surface area contributed by atoms with Gasteiger partial charge < -0.3 is 20.6 Å². The molecule has 0 saturated carbocycles. The van der Waals surface area contributed by atoms with Crippen molar-refractivity contribution in [3.63, 3.8) is 0 Å². The van der Waals surface area contributed by atoms with Crippen molar-refractivity contribution in [1.82, 2.24) is 19.6 Å². The predicted octanol–water partition coefficient (Wildman–Crippen LogP) is 1.18. The zero-order valence-electron chi connectivity index (χ0n) is 19.5. The average molecular weight is 548 g/mol. The van der Waals surface area contributed by atoms with Crippen LogP contribution in [-0.4, -0.2) is 65.9 Å². The first-order valence-corrected chi connectivity index (χ1v) is 12.7. The number of carbonyl (C=O) groups excluding carboxylic acids is 3. The molecule has 194 valence electrons. The van der Waals surface area contributed by atoms with E-state index in [0.717, 1.165) is 11.5 Å². The molecule has 3 N–H and O–H groups in total. The van der Waals surface area contributed by atoms with Gasteiger partial charge in [0, 0.05) is 29.4 Å². The van der Waals surface area contributed by atoms with Crippen LogP contribution in [0.1, 0.15) is 25.2 Å². The molecule has 1 unspecified atom stereocenters. The number of hydrogen-bond donors (Lipinski definition) is 2. The van der Waals surface area contributed by atoms with E-state index >= 15 is 0 Å². The van der Waals surface area contributed by atoms with Gasteiger partial charge >= 0.3 is 5.97 Å². The summed E-state index contributed by atoms with van der Waals surface area (Å²) in [6.07, 6.45) is 1.25. The fourth-order valence-electron chi connectivity index (χ4n) is 3.35. The summed E-state index contributed by atoms with van der Waals surface area (Å²) < 4.78 is 9.30. The van der Waals surface area contributed by atoms with Crippen LogP contribution in [0.2, 0.25) is 0 Å². The van der Waals surface area contributed by atoms with Gasteiger partial charge in [0.2, 0.25) is 11.5 Å². The zero-order chi connectivity index (χ0) is 26.7. The Bertz CT molecular complexity index is 1290. The first kappa shape index (κ1) is 26.0. The number of aromatic nitrogens is 2. The number of hydrogen-bond acceptors (Lipinski definition) is 13. The molecule has 1 aromatic heterocycles. The van der Waals surface area contributed by atoms with Gasteiger partial charge in [-0.15, -0.1) is 11.8 Å². The van der Waals surface area contributed by atoms with E-state index in [1.807, 2.05) is 0 Å². The summed E-state index contributed by atoms with van der Waals surface area (Å²) in [5.74, 6) is -1.58. The average Bonchev–Trinajstić information content (AvgIpc) is 3.30. The van der Waals surface area contributed by atoms with Gasteiger partial charge in [0.1, 0.15) is 29.8 Å². The third-order valence-electron chi connectivity index (χ3n) is 5.08. The fourth-order valence-corrected chi connectivity index (χ4v) is 4.98. The number of β-lactam (4-membered cyclic amide) rings is 1. The van der Waals surface area contributed by atoms with Crippen molar-refractivity contribution in [2.24, 2.45) is 5.16 Å². The number of nitro groups is 1. The number of amides is 2. The van der Waals surface area contributed by atoms with E-state index in [9.17, 15) is 24.5 Å². The number of rotatable bonds is 9. The monoisotopic (exact) mass is 547 g/mol. The van der Waals surface area contributed by atoms with Crippen molar-refractivity contribution in [2.75, 3.05) is 11.5 Å². The van der Waals surface area contributed by atoms with E-state index in [1.165, 1.54) is 40.9 Å². The molecule has 37 heavy (non-hydrogen) atoms. The summed E-state index contributed by atoms with van der Waals surface area (Å²) in [5.41, 5.74) is 5.92. The smallest absolute Gasteiger partial charge is 0.355 e. The minimum absolute atomic E-state index is 0.0315. The highest BCUT2D eigenvalue weighted by molar-refractivity contribution is 8.00. The summed E-state index contributed by atoms with van der Waals surface area (Å²) in [6, 6.07) is 4.64. The molecular weight excluding hydrogens is 526 g/mol. The zero-order valence-corrected chi connectivity index (χ0v) is 21.2. The number of nitrogen functional groups attached to an aromatic ring is 1. The third kappa shape index (κ3) is 5.69. The van der Waals surface area contributed by atoms with Crippen LogP contribution in [0.4, 0.5) is 10.8 Å². The molecule has 2 aliphatic rings. The number of carbonyl (C=O) groups is 3. The van der Waals surface area contributed by atoms with Gasteiger partial charge in [0.25, 0.3) is 17.5 Å². The Morgan fingerprint density at radius 1 is 1.35 bits per heavy atom. The Hall–Kier alpha value is -4.05. The van der Waals surface area contributed by atoms with Crippen molar-refractivity contribution in [3.8, 4) is 0 Å². The molecule has 0 radical (unpaired) electrons. The van der Waals surface area contributed by atoms with Gasteiger partial charge in [-0.2, -0.15) is 9.36 Å². The van der Waals surface area contributed by atoms with Crippen molar-refractivity contribution < 1.29 is 28.9 Å². The van der Waals surface area contributed by atoms with E-state index in [-0.39, 0.29) is 40.8 Å². The number of fused-ring (bicyclic) bond motifs is 1. The second-order valence-electron chi connectivity index (χ2n) is 8.02. The summed E-state index contributed by atoms with van der Waals surface area (Å²) in [7, 11) is 0. The number of benzene rings is 1. The molecule has 2 aliphatic heterocycles. The van der Waals surface area contributed by atoms with Crippen LogP contribution in [0.5, 0.6) is 0 Å². The van der Waals surface area contributed by atoms with Crippen molar-refractivity contribution in [3.05, 3.63) is 57.5 Å². The normalized spacial score (nSPS) is 19.0. The number of nitrogens with two attached hydrogens (primary N) is 1. The van der Waals surface area contributed by atoms with Gasteiger partial charge in [0.05, 0.1) is 4.92 Å². The molecule has 1 saturated heterocycles. The molecule has 2 aromatic rings. The maximum absolute atomic E-state index is 13.0. The molecule has 16 heteroatoms. The van der Waals surface area contributed by atoms with Crippen LogP contribution in [0.25, 0.3) is 0 Å². The Morgan fingerprint density at radius 3 is 2.70 bits per heavy atom. The van der Waals surface area contributed by atoms with Crippen molar-refractivity contribution >= 4 is 57.6 Å². The standard InChI is InChI=1S/C21H21N7O7S2/c1-10(2)35-25-14(16-24-21(22)37-26-16)17(29)23-15-18(30)27-13(7-8-36-19(15)27)20(31)34-9-11-3-5-12(6-4-11)28(32)33/h3-7,10,15,19H,8-9H2,1-2H3,(H,23,29)(H2,22,24,26)/b25-14-/t15?,19-/m1/s1. The van der Waals surface area contributed by atoms with Crippen LogP contribution in [0.3, 0.4) is 0 Å². The molecule has 4 rings (SSSR count). The number of non-ortho nitro benzene ring substituents is 1. The Kier molecular flexibility index (Phi) is 7.68. The lowest BCUT2D eigenvalue weighted by atomic mass is 10.0. The number of anilines is 1. The molecule has 3 heterocycles. The van der Waals surface area contributed by atoms with Gasteiger partial charge in [-0.3, -0.25) is 24.6 Å². The lowest BCUT2D eigenvalue weighted by Crippen LogP contribution is -2.70. The summed E-state index contributed by atoms with van der Waals surface area (Å²) in [5, 5.41) is 16.8. The second kappa shape index (κ2) is 10.9. The van der Waals surface area contributed by atoms with Crippen LogP contribution in [0.15, 0.2) is 41.2 Å². The Labute approximate surface area is 218 Å². The SMILES string of the molecule is CC(C)O/N=C(\C(=O)NC1C(=O)N2C(C(=O)OCc3ccc([N+](=O)[O-])cc3)=CCS[C@H]12)c1nsc(N)n1. The molecule has 0 aliphatic carbocycles. The molecule has 1 aromatic carbocycles. The van der Waals surface area contributed by atoms with Crippen LogP contribution < -0.4 is 11.1 Å². The highest BCUT2D eigenvalue weighted by Crippen LogP contribution is 2.38. The molecule has 0 spiro atoms. The lowest BCUT2D eigenvalue weighted by Gasteiger charge is -2.48. The Balaban J connectivity index is 1.40. The van der Waals surface area contributed by atoms with E-state index < -0.39 is 34.1 Å². The van der Waals surface area contributed by atoms with Crippen LogP contribution in [0, 0.1) is 10.1 Å². The maximum Gasteiger partial charge on any atom is 0.355 e.